The highest BCUT2D eigenvalue weighted by Gasteiger charge is 2.57. The van der Waals surface area contributed by atoms with Crippen LogP contribution in [0.1, 0.15) is 73.5 Å². The summed E-state index contributed by atoms with van der Waals surface area (Å²) in [6.07, 6.45) is -8.00. The van der Waals surface area contributed by atoms with Crippen LogP contribution in [-0.2, 0) is 29.0 Å². The molecule has 0 N–H and O–H groups in total. The molecule has 1 saturated carbocycles. The average molecular weight is 619 g/mol. The van der Waals surface area contributed by atoms with Gasteiger partial charge in [-0.25, -0.2) is 4.79 Å². The van der Waals surface area contributed by atoms with Crippen molar-refractivity contribution in [1.29, 1.82) is 0 Å². The Labute approximate surface area is 253 Å². The first-order chi connectivity index (χ1) is 20.7. The van der Waals surface area contributed by atoms with Gasteiger partial charge in [-0.15, -0.1) is 0 Å². The first-order valence-electron chi connectivity index (χ1n) is 14.8. The fourth-order valence-electron chi connectivity index (χ4n) is 6.71. The molecule has 0 radical (unpaired) electrons. The Morgan fingerprint density at radius 2 is 1.39 bits per heavy atom. The Morgan fingerprint density at radius 1 is 0.864 bits per heavy atom. The van der Waals surface area contributed by atoms with Gasteiger partial charge in [0.1, 0.15) is 0 Å². The number of hydrogen-bond acceptors (Lipinski definition) is 2. The van der Waals surface area contributed by atoms with Crippen LogP contribution in [-0.4, -0.2) is 41.1 Å². The van der Waals surface area contributed by atoms with Crippen molar-refractivity contribution in [3.8, 4) is 0 Å². The molecule has 236 valence electrons. The van der Waals surface area contributed by atoms with E-state index in [2.05, 4.69) is 0 Å². The molecule has 10 heteroatoms. The molecule has 0 bridgehead atoms. The summed E-state index contributed by atoms with van der Waals surface area (Å²) in [5.74, 6) is 0. The number of urea groups is 1. The molecular weight excluding hydrogens is 582 g/mol. The van der Waals surface area contributed by atoms with E-state index in [1.165, 1.54) is 6.92 Å². The van der Waals surface area contributed by atoms with Crippen LogP contribution in [0.25, 0.3) is 0 Å². The lowest BCUT2D eigenvalue weighted by molar-refractivity contribution is -0.143. The van der Waals surface area contributed by atoms with Gasteiger partial charge in [0.05, 0.1) is 23.8 Å². The molecule has 1 saturated heterocycles. The number of amides is 2. The van der Waals surface area contributed by atoms with Gasteiger partial charge in [-0.2, -0.15) is 26.3 Å². The Bertz CT molecular complexity index is 1400. The number of ether oxygens (including phenoxy) is 1. The number of alkyl halides is 6. The van der Waals surface area contributed by atoms with Gasteiger partial charge in [-0.05, 0) is 74.4 Å². The molecule has 3 aromatic rings. The maximum absolute atomic E-state index is 13.9. The van der Waals surface area contributed by atoms with Crippen molar-refractivity contribution in [2.75, 3.05) is 19.7 Å². The number of likely N-dealkylation sites (tertiary alicyclic amines) is 1. The van der Waals surface area contributed by atoms with Crippen molar-refractivity contribution in [1.82, 2.24) is 9.80 Å². The number of benzene rings is 3. The molecule has 2 fully saturated rings. The molecule has 5 rings (SSSR count). The third-order valence-corrected chi connectivity index (χ3v) is 8.96. The van der Waals surface area contributed by atoms with Crippen LogP contribution >= 0.6 is 0 Å². The van der Waals surface area contributed by atoms with Gasteiger partial charge in [-0.3, -0.25) is 0 Å². The molecule has 1 atom stereocenters. The minimum Gasteiger partial charge on any atom is -0.373 e. The van der Waals surface area contributed by atoms with Gasteiger partial charge in [0.25, 0.3) is 0 Å². The molecule has 44 heavy (non-hydrogen) atoms. The fourth-order valence-corrected chi connectivity index (χ4v) is 6.71. The highest BCUT2D eigenvalue weighted by Crippen LogP contribution is 2.54. The first-order valence-corrected chi connectivity index (χ1v) is 14.8. The third kappa shape index (κ3) is 6.75. The average Bonchev–Trinajstić information content (AvgIpc) is 3.52. The van der Waals surface area contributed by atoms with Crippen LogP contribution in [0.4, 0.5) is 31.1 Å². The number of carbonyl (C=O) groups is 1. The maximum Gasteiger partial charge on any atom is 0.416 e. The van der Waals surface area contributed by atoms with Crippen LogP contribution in [0.15, 0.2) is 78.9 Å². The summed E-state index contributed by atoms with van der Waals surface area (Å²) >= 11 is 0. The summed E-state index contributed by atoms with van der Waals surface area (Å²) in [7, 11) is 0. The number of carbonyl (C=O) groups excluding carboxylic acids is 1. The van der Waals surface area contributed by atoms with Crippen molar-refractivity contribution in [2.45, 2.75) is 75.5 Å². The summed E-state index contributed by atoms with van der Waals surface area (Å²) < 4.78 is 87.2. The van der Waals surface area contributed by atoms with Gasteiger partial charge >= 0.3 is 18.4 Å². The molecule has 1 aliphatic carbocycles. The fraction of sp³-hybridized carbons (Fsp3) is 0.441. The number of halogens is 6. The molecule has 2 amide bonds. The lowest BCUT2D eigenvalue weighted by Crippen LogP contribution is -2.66. The van der Waals surface area contributed by atoms with E-state index in [4.69, 9.17) is 4.74 Å². The third-order valence-electron chi connectivity index (χ3n) is 8.96. The van der Waals surface area contributed by atoms with Crippen LogP contribution in [0.5, 0.6) is 0 Å². The monoisotopic (exact) mass is 618 g/mol. The number of rotatable bonds is 8. The predicted octanol–water partition coefficient (Wildman–Crippen LogP) is 9.01. The Morgan fingerprint density at radius 3 is 1.91 bits per heavy atom. The van der Waals surface area contributed by atoms with Gasteiger partial charge in [0, 0.05) is 30.6 Å². The van der Waals surface area contributed by atoms with E-state index >= 15 is 0 Å². The van der Waals surface area contributed by atoms with Crippen molar-refractivity contribution in [3.05, 3.63) is 107 Å². The van der Waals surface area contributed by atoms with Crippen LogP contribution in [0.3, 0.4) is 0 Å². The van der Waals surface area contributed by atoms with E-state index in [0.29, 0.717) is 32.5 Å². The molecule has 1 unspecified atom stereocenters. The quantitative estimate of drug-likeness (QED) is 0.236. The molecule has 1 heterocycles. The van der Waals surface area contributed by atoms with E-state index in [1.807, 2.05) is 77.4 Å². The molecule has 2 aliphatic rings. The lowest BCUT2D eigenvalue weighted by Gasteiger charge is -2.59. The van der Waals surface area contributed by atoms with Crippen LogP contribution < -0.4 is 0 Å². The van der Waals surface area contributed by atoms with Crippen molar-refractivity contribution < 1.29 is 35.9 Å². The van der Waals surface area contributed by atoms with Crippen molar-refractivity contribution in [2.24, 2.45) is 0 Å². The summed E-state index contributed by atoms with van der Waals surface area (Å²) in [5, 5.41) is 0. The lowest BCUT2D eigenvalue weighted by atomic mass is 9.54. The van der Waals surface area contributed by atoms with Crippen LogP contribution in [0.2, 0.25) is 0 Å². The minimum atomic E-state index is -4.94. The van der Waals surface area contributed by atoms with Gasteiger partial charge in [-0.1, -0.05) is 60.7 Å². The summed E-state index contributed by atoms with van der Waals surface area (Å²) in [5.41, 5.74) is -2.16. The minimum absolute atomic E-state index is 0.0338. The molecule has 4 nitrogen and oxygen atoms in total. The molecule has 0 spiro atoms. The smallest absolute Gasteiger partial charge is 0.373 e. The van der Waals surface area contributed by atoms with Crippen molar-refractivity contribution in [3.63, 3.8) is 0 Å². The molecule has 3 aromatic carbocycles. The standard InChI is InChI=1S/C34H36F6N2O2/c1-24(26-17-28(33(35,36)37)19-29(18-26)34(38,39)40)44-23-32(27-13-7-4-8-14-27)21-31(2,22-32)42(20-25-11-5-3-6-12-25)30(43)41-15-9-10-16-41/h3-8,11-14,17-19,24H,9-10,15-16,20-23H2,1-2H3. The number of nitrogens with zero attached hydrogens (tertiary/aromatic N) is 2. The zero-order valence-electron chi connectivity index (χ0n) is 24.7. The highest BCUT2D eigenvalue weighted by atomic mass is 19.4. The Balaban J connectivity index is 1.42. The Kier molecular flexibility index (Phi) is 8.77. The first kappa shape index (κ1) is 31.9. The van der Waals surface area contributed by atoms with E-state index in [0.717, 1.165) is 36.1 Å². The van der Waals surface area contributed by atoms with Gasteiger partial charge in [0.2, 0.25) is 0 Å². The second-order valence-electron chi connectivity index (χ2n) is 12.3. The largest absolute Gasteiger partial charge is 0.416 e. The van der Waals surface area contributed by atoms with E-state index in [-0.39, 0.29) is 24.3 Å². The summed E-state index contributed by atoms with van der Waals surface area (Å²) in [6, 6.07) is 20.8. The Hall–Kier alpha value is -3.53. The highest BCUT2D eigenvalue weighted by molar-refractivity contribution is 5.76. The molecule has 0 aromatic heterocycles. The van der Waals surface area contributed by atoms with E-state index < -0.39 is 40.5 Å². The zero-order chi connectivity index (χ0) is 31.8. The van der Waals surface area contributed by atoms with E-state index in [1.54, 1.807) is 0 Å². The number of hydrogen-bond donors (Lipinski definition) is 0. The molecule has 1 aliphatic heterocycles. The topological polar surface area (TPSA) is 32.8 Å². The second kappa shape index (κ2) is 12.1. The van der Waals surface area contributed by atoms with E-state index in [9.17, 15) is 31.1 Å². The summed E-state index contributed by atoms with van der Waals surface area (Å²) in [6.45, 7) is 5.37. The maximum atomic E-state index is 13.9. The molecular formula is C34H36F6N2O2. The van der Waals surface area contributed by atoms with Gasteiger partial charge < -0.3 is 14.5 Å². The predicted molar refractivity (Wildman–Crippen MR) is 155 cm³/mol. The normalized spacial score (nSPS) is 22.9. The summed E-state index contributed by atoms with van der Waals surface area (Å²) in [4.78, 5) is 17.6. The zero-order valence-corrected chi connectivity index (χ0v) is 24.7. The second-order valence-corrected chi connectivity index (χ2v) is 12.3. The van der Waals surface area contributed by atoms with Crippen LogP contribution in [0, 0.1) is 0 Å². The van der Waals surface area contributed by atoms with Crippen molar-refractivity contribution >= 4 is 6.03 Å². The SMILES string of the molecule is CC(OCC1(c2ccccc2)CC(C)(N(Cc2ccccc2)C(=O)N2CCCC2)C1)c1cc(C(F)(F)F)cc(C(F)(F)F)c1. The van der Waals surface area contributed by atoms with Gasteiger partial charge in [0.15, 0.2) is 0 Å².